The van der Waals surface area contributed by atoms with Gasteiger partial charge in [-0.05, 0) is 49.3 Å². The minimum absolute atomic E-state index is 0.464. The molecule has 0 amide bonds. The molecule has 0 spiro atoms. The molecule has 0 aliphatic heterocycles. The Balaban J connectivity index is 1.81. The van der Waals surface area contributed by atoms with Crippen molar-refractivity contribution in [3.63, 3.8) is 0 Å². The van der Waals surface area contributed by atoms with Crippen molar-refractivity contribution in [1.82, 2.24) is 9.97 Å². The van der Waals surface area contributed by atoms with E-state index in [1.165, 1.54) is 18.5 Å². The van der Waals surface area contributed by atoms with Crippen molar-refractivity contribution in [3.8, 4) is 0 Å². The van der Waals surface area contributed by atoms with Crippen LogP contribution in [0.4, 0.5) is 5.69 Å². The molecule has 0 bridgehead atoms. The first kappa shape index (κ1) is 12.5. The minimum atomic E-state index is 0.464. The average molecular weight is 257 g/mol. The zero-order valence-electron chi connectivity index (χ0n) is 12.2. The van der Waals surface area contributed by atoms with Crippen LogP contribution in [0, 0.1) is 18.3 Å². The monoisotopic (exact) mass is 257 g/mol. The van der Waals surface area contributed by atoms with Crippen LogP contribution < -0.4 is 5.32 Å². The van der Waals surface area contributed by atoms with Crippen LogP contribution in [0.1, 0.15) is 39.4 Å². The molecule has 2 atom stereocenters. The van der Waals surface area contributed by atoms with Gasteiger partial charge in [-0.15, -0.1) is 0 Å². The number of anilines is 1. The molecule has 19 heavy (non-hydrogen) atoms. The maximum Gasteiger partial charge on any atom is 0.104 e. The first-order chi connectivity index (χ1) is 8.93. The predicted molar refractivity (Wildman–Crippen MR) is 80.4 cm³/mol. The lowest BCUT2D eigenvalue weighted by Gasteiger charge is -2.19. The van der Waals surface area contributed by atoms with E-state index in [1.54, 1.807) is 0 Å². The third kappa shape index (κ3) is 2.46. The third-order valence-corrected chi connectivity index (χ3v) is 4.29. The highest BCUT2D eigenvalue weighted by Crippen LogP contribution is 2.42. The topological polar surface area (TPSA) is 40.7 Å². The molecule has 1 saturated carbocycles. The number of benzene rings is 1. The summed E-state index contributed by atoms with van der Waals surface area (Å²) in [6.07, 6.45) is 2.55. The van der Waals surface area contributed by atoms with Gasteiger partial charge in [0.1, 0.15) is 5.82 Å². The van der Waals surface area contributed by atoms with Crippen LogP contribution >= 0.6 is 0 Å². The number of hydrogen-bond acceptors (Lipinski definition) is 2. The van der Waals surface area contributed by atoms with Gasteiger partial charge in [0, 0.05) is 11.7 Å². The second kappa shape index (κ2) is 4.26. The molecule has 2 N–H and O–H groups in total. The molecule has 0 radical (unpaired) electrons. The summed E-state index contributed by atoms with van der Waals surface area (Å²) in [5.41, 5.74) is 3.83. The van der Waals surface area contributed by atoms with Crippen molar-refractivity contribution in [1.29, 1.82) is 0 Å². The van der Waals surface area contributed by atoms with Crippen molar-refractivity contribution in [2.24, 2.45) is 11.3 Å². The van der Waals surface area contributed by atoms with Crippen molar-refractivity contribution < 1.29 is 0 Å². The van der Waals surface area contributed by atoms with Crippen LogP contribution in [0.25, 0.3) is 11.0 Å². The standard InChI is InChI=1S/C16H23N3/c1-10-8-16(3,4)9-15(10)19-12-5-6-13-14(7-12)18-11(2)17-13/h5-7,10,15,19H,8-9H2,1-4H3,(H,17,18). The van der Waals surface area contributed by atoms with Crippen LogP contribution in [0.2, 0.25) is 0 Å². The number of rotatable bonds is 2. The van der Waals surface area contributed by atoms with Crippen LogP contribution in [0.3, 0.4) is 0 Å². The Hall–Kier alpha value is -1.51. The van der Waals surface area contributed by atoms with Crippen molar-refractivity contribution in [3.05, 3.63) is 24.0 Å². The van der Waals surface area contributed by atoms with Gasteiger partial charge in [-0.1, -0.05) is 20.8 Å². The first-order valence-electron chi connectivity index (χ1n) is 7.16. The first-order valence-corrected chi connectivity index (χ1v) is 7.16. The summed E-state index contributed by atoms with van der Waals surface area (Å²) in [6, 6.07) is 6.98. The quantitative estimate of drug-likeness (QED) is 0.850. The minimum Gasteiger partial charge on any atom is -0.382 e. The van der Waals surface area contributed by atoms with Crippen LogP contribution in [-0.2, 0) is 0 Å². The lowest BCUT2D eigenvalue weighted by atomic mass is 9.91. The average Bonchev–Trinajstić information content (AvgIpc) is 2.77. The predicted octanol–water partition coefficient (Wildman–Crippen LogP) is 4.11. The Bertz CT molecular complexity index is 597. The van der Waals surface area contributed by atoms with Gasteiger partial charge in [0.05, 0.1) is 11.0 Å². The molecule has 1 fully saturated rings. The van der Waals surface area contributed by atoms with E-state index < -0.39 is 0 Å². The number of aryl methyl sites for hydroxylation is 1. The number of aromatic amines is 1. The van der Waals surface area contributed by atoms with Crippen molar-refractivity contribution in [2.45, 2.75) is 46.6 Å². The molecule has 2 unspecified atom stereocenters. The Morgan fingerprint density at radius 2 is 2.11 bits per heavy atom. The zero-order chi connectivity index (χ0) is 13.6. The molecule has 1 heterocycles. The molecule has 1 aromatic heterocycles. The summed E-state index contributed by atoms with van der Waals surface area (Å²) in [5, 5.41) is 3.70. The second-order valence-corrected chi connectivity index (χ2v) is 6.85. The number of imidazole rings is 1. The Labute approximate surface area is 114 Å². The molecule has 1 aliphatic rings. The van der Waals surface area contributed by atoms with Gasteiger partial charge in [-0.2, -0.15) is 0 Å². The lowest BCUT2D eigenvalue weighted by Crippen LogP contribution is -2.22. The van der Waals surface area contributed by atoms with E-state index in [-0.39, 0.29) is 0 Å². The summed E-state index contributed by atoms with van der Waals surface area (Å²) in [4.78, 5) is 7.74. The third-order valence-electron chi connectivity index (χ3n) is 4.29. The Morgan fingerprint density at radius 1 is 1.32 bits per heavy atom. The van der Waals surface area contributed by atoms with E-state index in [2.05, 4.69) is 54.3 Å². The largest absolute Gasteiger partial charge is 0.382 e. The second-order valence-electron chi connectivity index (χ2n) is 6.85. The number of nitrogens with one attached hydrogen (secondary N) is 2. The fourth-order valence-electron chi connectivity index (χ4n) is 3.53. The fourth-order valence-corrected chi connectivity index (χ4v) is 3.53. The molecule has 0 saturated heterocycles. The van der Waals surface area contributed by atoms with Crippen molar-refractivity contribution >= 4 is 16.7 Å². The van der Waals surface area contributed by atoms with Gasteiger partial charge in [0.15, 0.2) is 0 Å². The zero-order valence-corrected chi connectivity index (χ0v) is 12.2. The van der Waals surface area contributed by atoms with E-state index in [0.29, 0.717) is 11.5 Å². The summed E-state index contributed by atoms with van der Waals surface area (Å²) in [5.74, 6) is 1.71. The van der Waals surface area contributed by atoms with E-state index in [1.807, 2.05) is 6.92 Å². The van der Waals surface area contributed by atoms with Crippen LogP contribution in [0.15, 0.2) is 18.2 Å². The molecule has 102 valence electrons. The molecule has 3 rings (SSSR count). The van der Waals surface area contributed by atoms with Crippen LogP contribution in [-0.4, -0.2) is 16.0 Å². The molecule has 3 heteroatoms. The Kier molecular flexibility index (Phi) is 2.80. The summed E-state index contributed by atoms with van der Waals surface area (Å²) in [7, 11) is 0. The lowest BCUT2D eigenvalue weighted by molar-refractivity contribution is 0.366. The molecule has 1 aromatic carbocycles. The van der Waals surface area contributed by atoms with Gasteiger partial charge in [0.2, 0.25) is 0 Å². The van der Waals surface area contributed by atoms with Crippen molar-refractivity contribution in [2.75, 3.05) is 5.32 Å². The number of fused-ring (bicyclic) bond motifs is 1. The molecule has 3 nitrogen and oxygen atoms in total. The molecule has 1 aliphatic carbocycles. The summed E-state index contributed by atoms with van der Waals surface area (Å²) >= 11 is 0. The number of hydrogen-bond donors (Lipinski definition) is 2. The SMILES string of the molecule is Cc1nc2ccc(NC3CC(C)(C)CC3C)cc2[nH]1. The molecular weight excluding hydrogens is 234 g/mol. The van der Waals surface area contributed by atoms with Gasteiger partial charge >= 0.3 is 0 Å². The van der Waals surface area contributed by atoms with E-state index >= 15 is 0 Å². The number of H-pyrrole nitrogens is 1. The Morgan fingerprint density at radius 3 is 2.79 bits per heavy atom. The maximum atomic E-state index is 4.44. The maximum absolute atomic E-state index is 4.44. The fraction of sp³-hybridized carbons (Fsp3) is 0.562. The smallest absolute Gasteiger partial charge is 0.104 e. The van der Waals surface area contributed by atoms with E-state index in [9.17, 15) is 0 Å². The van der Waals surface area contributed by atoms with E-state index in [0.717, 1.165) is 22.8 Å². The van der Waals surface area contributed by atoms with Gasteiger partial charge in [-0.3, -0.25) is 0 Å². The molecular formula is C16H23N3. The summed E-state index contributed by atoms with van der Waals surface area (Å²) < 4.78 is 0. The van der Waals surface area contributed by atoms with Crippen LogP contribution in [0.5, 0.6) is 0 Å². The number of nitrogens with zero attached hydrogens (tertiary/aromatic N) is 1. The normalized spacial score (nSPS) is 25.9. The summed E-state index contributed by atoms with van der Waals surface area (Å²) in [6.45, 7) is 9.08. The highest BCUT2D eigenvalue weighted by atomic mass is 15.0. The van der Waals surface area contributed by atoms with Gasteiger partial charge in [0.25, 0.3) is 0 Å². The van der Waals surface area contributed by atoms with Gasteiger partial charge < -0.3 is 10.3 Å². The highest BCUT2D eigenvalue weighted by Gasteiger charge is 2.36. The molecule has 2 aromatic rings. The number of aromatic nitrogens is 2. The van der Waals surface area contributed by atoms with Gasteiger partial charge in [-0.25, -0.2) is 4.98 Å². The highest BCUT2D eigenvalue weighted by molar-refractivity contribution is 5.79. The van der Waals surface area contributed by atoms with E-state index in [4.69, 9.17) is 0 Å².